The number of rotatable bonds is 7. The van der Waals surface area contributed by atoms with E-state index in [9.17, 15) is 9.90 Å². The molecule has 0 aromatic heterocycles. The van der Waals surface area contributed by atoms with Crippen LogP contribution in [0.4, 0.5) is 0 Å². The van der Waals surface area contributed by atoms with Crippen molar-refractivity contribution in [3.8, 4) is 0 Å². The van der Waals surface area contributed by atoms with Crippen molar-refractivity contribution in [1.82, 2.24) is 10.2 Å². The first-order valence-corrected chi connectivity index (χ1v) is 8.38. The van der Waals surface area contributed by atoms with E-state index in [1.165, 1.54) is 0 Å². The molecule has 1 atom stereocenters. The molecule has 0 spiro atoms. The Labute approximate surface area is 133 Å². The fraction of sp³-hybridized carbons (Fsp3) is 0.611. The molecule has 1 saturated carbocycles. The summed E-state index contributed by atoms with van der Waals surface area (Å²) in [7, 11) is 0. The molecule has 1 unspecified atom stereocenters. The van der Waals surface area contributed by atoms with Crippen LogP contribution in [0, 0.1) is 0 Å². The maximum atomic E-state index is 12.7. The topological polar surface area (TPSA) is 52.6 Å². The summed E-state index contributed by atoms with van der Waals surface area (Å²) in [5.74, 6) is -0.0183. The maximum absolute atomic E-state index is 12.7. The van der Waals surface area contributed by atoms with E-state index < -0.39 is 5.60 Å². The Kier molecular flexibility index (Phi) is 5.98. The smallest absolute Gasteiger partial charge is 0.242 e. The Morgan fingerprint density at radius 3 is 2.36 bits per heavy atom. The summed E-state index contributed by atoms with van der Waals surface area (Å²) in [5.41, 5.74) is 0.294. The lowest BCUT2D eigenvalue weighted by Crippen LogP contribution is -2.46. The number of aliphatic hydroxyl groups is 1. The minimum atomic E-state index is -0.708. The van der Waals surface area contributed by atoms with Crippen LogP contribution < -0.4 is 5.32 Å². The average molecular weight is 304 g/mol. The predicted molar refractivity (Wildman–Crippen MR) is 88.5 cm³/mol. The van der Waals surface area contributed by atoms with Gasteiger partial charge in [-0.25, -0.2) is 0 Å². The Morgan fingerprint density at radius 1 is 1.23 bits per heavy atom. The summed E-state index contributed by atoms with van der Waals surface area (Å²) < 4.78 is 0. The van der Waals surface area contributed by atoms with Crippen LogP contribution in [0.2, 0.25) is 0 Å². The summed E-state index contributed by atoms with van der Waals surface area (Å²) >= 11 is 0. The van der Waals surface area contributed by atoms with Gasteiger partial charge in [-0.15, -0.1) is 0 Å². The highest BCUT2D eigenvalue weighted by atomic mass is 16.3. The molecule has 122 valence electrons. The molecule has 0 bridgehead atoms. The van der Waals surface area contributed by atoms with Crippen molar-refractivity contribution in [2.45, 2.75) is 51.2 Å². The van der Waals surface area contributed by atoms with Crippen molar-refractivity contribution >= 4 is 5.91 Å². The van der Waals surface area contributed by atoms with Gasteiger partial charge in [0.05, 0.1) is 5.60 Å². The first kappa shape index (κ1) is 17.0. The van der Waals surface area contributed by atoms with Crippen LogP contribution in [-0.4, -0.2) is 41.1 Å². The molecule has 1 fully saturated rings. The third-order valence-electron chi connectivity index (χ3n) is 4.67. The molecule has 1 amide bonds. The van der Waals surface area contributed by atoms with E-state index in [4.69, 9.17) is 0 Å². The Morgan fingerprint density at radius 2 is 1.82 bits per heavy atom. The van der Waals surface area contributed by atoms with Gasteiger partial charge in [-0.2, -0.15) is 0 Å². The van der Waals surface area contributed by atoms with E-state index >= 15 is 0 Å². The van der Waals surface area contributed by atoms with Crippen LogP contribution >= 0.6 is 0 Å². The molecular weight excluding hydrogens is 276 g/mol. The van der Waals surface area contributed by atoms with Crippen LogP contribution in [0.1, 0.15) is 51.1 Å². The number of nitrogens with zero attached hydrogens (tertiary/aromatic N) is 1. The second kappa shape index (κ2) is 7.75. The Hall–Kier alpha value is -1.39. The second-order valence-corrected chi connectivity index (χ2v) is 6.18. The number of nitrogens with one attached hydrogen (secondary N) is 1. The van der Waals surface area contributed by atoms with Gasteiger partial charge >= 0.3 is 0 Å². The number of likely N-dealkylation sites (N-methyl/N-ethyl adjacent to an activating group) is 1. The van der Waals surface area contributed by atoms with Crippen molar-refractivity contribution in [2.24, 2.45) is 0 Å². The second-order valence-electron chi connectivity index (χ2n) is 6.18. The number of benzene rings is 1. The van der Waals surface area contributed by atoms with Crippen LogP contribution in [0.15, 0.2) is 30.3 Å². The van der Waals surface area contributed by atoms with E-state index in [0.717, 1.165) is 44.3 Å². The minimum Gasteiger partial charge on any atom is -0.388 e. The highest BCUT2D eigenvalue weighted by Crippen LogP contribution is 2.29. The average Bonchev–Trinajstić information content (AvgIpc) is 2.98. The molecular formula is C18H28N2O2. The van der Waals surface area contributed by atoms with Gasteiger partial charge in [-0.3, -0.25) is 9.69 Å². The molecule has 0 heterocycles. The van der Waals surface area contributed by atoms with Crippen LogP contribution in [0.25, 0.3) is 0 Å². The fourth-order valence-electron chi connectivity index (χ4n) is 3.31. The largest absolute Gasteiger partial charge is 0.388 e. The zero-order chi connectivity index (χ0) is 16.0. The molecule has 1 aliphatic carbocycles. The number of carbonyl (C=O) groups is 1. The third kappa shape index (κ3) is 4.08. The van der Waals surface area contributed by atoms with Crippen molar-refractivity contribution in [3.05, 3.63) is 35.9 Å². The lowest BCUT2D eigenvalue weighted by atomic mass is 10.0. The van der Waals surface area contributed by atoms with E-state index in [-0.39, 0.29) is 11.9 Å². The summed E-state index contributed by atoms with van der Waals surface area (Å²) in [6.45, 7) is 6.12. The first-order valence-electron chi connectivity index (χ1n) is 8.38. The molecule has 0 saturated heterocycles. The monoisotopic (exact) mass is 304 g/mol. The maximum Gasteiger partial charge on any atom is 0.242 e. The molecule has 0 aliphatic heterocycles. The van der Waals surface area contributed by atoms with Crippen LogP contribution in [0.3, 0.4) is 0 Å². The van der Waals surface area contributed by atoms with Gasteiger partial charge in [0.2, 0.25) is 5.91 Å². The van der Waals surface area contributed by atoms with Gasteiger partial charge in [0, 0.05) is 6.54 Å². The standard InChI is InChI=1S/C18H28N2O2/c1-3-20(4-2)16(15-10-6-5-7-11-15)17(21)19-14-18(22)12-8-9-13-18/h5-7,10-11,16,22H,3-4,8-9,12-14H2,1-2H3,(H,19,21). The first-order chi connectivity index (χ1) is 10.6. The summed E-state index contributed by atoms with van der Waals surface area (Å²) in [6.07, 6.45) is 3.66. The minimum absolute atomic E-state index is 0.0183. The van der Waals surface area contributed by atoms with Gasteiger partial charge in [0.1, 0.15) is 6.04 Å². The number of carbonyl (C=O) groups excluding carboxylic acids is 1. The Bertz CT molecular complexity index is 465. The van der Waals surface area contributed by atoms with Gasteiger partial charge in [-0.1, -0.05) is 57.0 Å². The quantitative estimate of drug-likeness (QED) is 0.814. The van der Waals surface area contributed by atoms with E-state index in [2.05, 4.69) is 24.1 Å². The van der Waals surface area contributed by atoms with Crippen molar-refractivity contribution < 1.29 is 9.90 Å². The Balaban J connectivity index is 2.09. The number of hydrogen-bond donors (Lipinski definition) is 2. The molecule has 0 radical (unpaired) electrons. The molecule has 2 rings (SSSR count). The van der Waals surface area contributed by atoms with E-state index in [1.807, 2.05) is 30.3 Å². The molecule has 1 aromatic carbocycles. The zero-order valence-electron chi connectivity index (χ0n) is 13.7. The van der Waals surface area contributed by atoms with Crippen LogP contribution in [0.5, 0.6) is 0 Å². The number of amides is 1. The zero-order valence-corrected chi connectivity index (χ0v) is 13.7. The molecule has 2 N–H and O–H groups in total. The van der Waals surface area contributed by atoms with Crippen molar-refractivity contribution in [3.63, 3.8) is 0 Å². The summed E-state index contributed by atoms with van der Waals surface area (Å²) in [6, 6.07) is 9.58. The fourth-order valence-corrected chi connectivity index (χ4v) is 3.31. The number of hydrogen-bond acceptors (Lipinski definition) is 3. The summed E-state index contributed by atoms with van der Waals surface area (Å²) in [5, 5.41) is 13.4. The van der Waals surface area contributed by atoms with Gasteiger partial charge in [0.25, 0.3) is 0 Å². The highest BCUT2D eigenvalue weighted by Gasteiger charge is 2.33. The normalized spacial score (nSPS) is 18.4. The molecule has 4 heteroatoms. The molecule has 1 aromatic rings. The highest BCUT2D eigenvalue weighted by molar-refractivity contribution is 5.83. The lowest BCUT2D eigenvalue weighted by molar-refractivity contribution is -0.127. The van der Waals surface area contributed by atoms with Crippen LogP contribution in [-0.2, 0) is 4.79 Å². The van der Waals surface area contributed by atoms with Crippen molar-refractivity contribution in [1.29, 1.82) is 0 Å². The SMILES string of the molecule is CCN(CC)C(C(=O)NCC1(O)CCCC1)c1ccccc1. The van der Waals surface area contributed by atoms with Gasteiger partial charge in [0.15, 0.2) is 0 Å². The molecule has 22 heavy (non-hydrogen) atoms. The van der Waals surface area contributed by atoms with E-state index in [0.29, 0.717) is 6.54 Å². The molecule has 1 aliphatic rings. The van der Waals surface area contributed by atoms with Gasteiger partial charge < -0.3 is 10.4 Å². The molecule has 4 nitrogen and oxygen atoms in total. The van der Waals surface area contributed by atoms with E-state index in [1.54, 1.807) is 0 Å². The predicted octanol–water partition coefficient (Wildman–Crippen LogP) is 2.49. The van der Waals surface area contributed by atoms with Gasteiger partial charge in [-0.05, 0) is 31.5 Å². The summed E-state index contributed by atoms with van der Waals surface area (Å²) in [4.78, 5) is 14.9. The van der Waals surface area contributed by atoms with Crippen molar-refractivity contribution in [2.75, 3.05) is 19.6 Å². The lowest BCUT2D eigenvalue weighted by Gasteiger charge is -2.30. The third-order valence-corrected chi connectivity index (χ3v) is 4.67.